The molecule has 1 aromatic rings. The number of hydrogen-bond acceptors (Lipinski definition) is 5. The number of nitrogens with two attached hydrogens (primary N) is 1. The number of rotatable bonds is 5. The molecular formula is C13H22N4O2. The fraction of sp³-hybridized carbons (Fsp3) is 0.692. The Labute approximate surface area is 112 Å². The molecule has 2 rings (SSSR count). The topological polar surface area (TPSA) is 93.0 Å². The number of nitrogens with zero attached hydrogens (tertiary/aromatic N) is 1. The Hall–Kier alpha value is -1.40. The largest absolute Gasteiger partial charge is 0.376 e. The fourth-order valence-electron chi connectivity index (χ4n) is 2.33. The van der Waals surface area contributed by atoms with Gasteiger partial charge in [-0.15, -0.1) is 0 Å². The van der Waals surface area contributed by atoms with Gasteiger partial charge in [-0.2, -0.15) is 0 Å². The first-order chi connectivity index (χ1) is 9.13. The van der Waals surface area contributed by atoms with E-state index in [2.05, 4.69) is 15.3 Å². The van der Waals surface area contributed by atoms with Crippen LogP contribution in [-0.2, 0) is 4.74 Å². The minimum atomic E-state index is -0.141. The zero-order valence-corrected chi connectivity index (χ0v) is 11.3. The van der Waals surface area contributed by atoms with E-state index in [0.29, 0.717) is 36.9 Å². The summed E-state index contributed by atoms with van der Waals surface area (Å²) in [6.07, 6.45) is 4.52. The van der Waals surface area contributed by atoms with Crippen LogP contribution in [0, 0.1) is 6.92 Å². The van der Waals surface area contributed by atoms with Crippen LogP contribution in [0.4, 0.5) is 5.82 Å². The van der Waals surface area contributed by atoms with Gasteiger partial charge >= 0.3 is 0 Å². The number of H-pyrrole nitrogens is 1. The van der Waals surface area contributed by atoms with Crippen molar-refractivity contribution in [2.75, 3.05) is 18.5 Å². The van der Waals surface area contributed by atoms with Gasteiger partial charge in [-0.05, 0) is 32.6 Å². The van der Waals surface area contributed by atoms with Crippen molar-refractivity contribution in [1.82, 2.24) is 9.97 Å². The lowest BCUT2D eigenvalue weighted by atomic mass is 9.94. The Morgan fingerprint density at radius 2 is 2.21 bits per heavy atom. The molecule has 0 amide bonds. The first-order valence-corrected chi connectivity index (χ1v) is 6.82. The third kappa shape index (κ3) is 4.65. The van der Waals surface area contributed by atoms with E-state index in [-0.39, 0.29) is 5.56 Å². The molecule has 1 saturated carbocycles. The zero-order chi connectivity index (χ0) is 13.7. The van der Waals surface area contributed by atoms with Gasteiger partial charge in [-0.1, -0.05) is 0 Å². The van der Waals surface area contributed by atoms with Crippen LogP contribution in [0.15, 0.2) is 10.9 Å². The van der Waals surface area contributed by atoms with E-state index in [9.17, 15) is 4.79 Å². The smallest absolute Gasteiger partial charge is 0.252 e. The van der Waals surface area contributed by atoms with Gasteiger partial charge in [0.15, 0.2) is 0 Å². The molecule has 4 N–H and O–H groups in total. The van der Waals surface area contributed by atoms with Crippen LogP contribution >= 0.6 is 0 Å². The van der Waals surface area contributed by atoms with Gasteiger partial charge in [-0.25, -0.2) is 4.98 Å². The summed E-state index contributed by atoms with van der Waals surface area (Å²) < 4.78 is 5.78. The lowest BCUT2D eigenvalue weighted by molar-refractivity contribution is 0.0313. The van der Waals surface area contributed by atoms with Crippen LogP contribution in [0.25, 0.3) is 0 Å². The second kappa shape index (κ2) is 6.68. The van der Waals surface area contributed by atoms with Crippen LogP contribution < -0.4 is 16.6 Å². The summed E-state index contributed by atoms with van der Waals surface area (Å²) in [6, 6.07) is 1.80. The molecule has 6 nitrogen and oxygen atoms in total. The molecule has 0 unspecified atom stereocenters. The van der Waals surface area contributed by atoms with Gasteiger partial charge in [-0.3, -0.25) is 4.79 Å². The molecule has 0 saturated heterocycles. The summed E-state index contributed by atoms with van der Waals surface area (Å²) in [6.45, 7) is 3.03. The van der Waals surface area contributed by atoms with Gasteiger partial charge in [0, 0.05) is 18.7 Å². The highest BCUT2D eigenvalue weighted by Gasteiger charge is 2.18. The number of ether oxygens (including phenoxy) is 1. The third-order valence-corrected chi connectivity index (χ3v) is 3.34. The normalized spacial score (nSPS) is 23.3. The SMILES string of the molecule is Cc1nc(NCCOC2CCC(N)CC2)cc(=O)[nH]1. The highest BCUT2D eigenvalue weighted by Crippen LogP contribution is 2.19. The van der Waals surface area contributed by atoms with Crippen molar-refractivity contribution in [1.29, 1.82) is 0 Å². The molecule has 0 spiro atoms. The molecule has 1 aliphatic carbocycles. The van der Waals surface area contributed by atoms with E-state index in [1.54, 1.807) is 6.92 Å². The van der Waals surface area contributed by atoms with Gasteiger partial charge in [0.2, 0.25) is 0 Å². The highest BCUT2D eigenvalue weighted by molar-refractivity contribution is 5.32. The molecule has 0 atom stereocenters. The molecule has 1 aromatic heterocycles. The molecule has 0 aromatic carbocycles. The van der Waals surface area contributed by atoms with E-state index in [1.165, 1.54) is 6.07 Å². The van der Waals surface area contributed by atoms with Crippen LogP contribution in [0.2, 0.25) is 0 Å². The maximum atomic E-state index is 11.2. The van der Waals surface area contributed by atoms with E-state index < -0.39 is 0 Å². The van der Waals surface area contributed by atoms with Crippen molar-refractivity contribution >= 4 is 5.82 Å². The first kappa shape index (κ1) is 14.0. The molecule has 19 heavy (non-hydrogen) atoms. The summed E-state index contributed by atoms with van der Waals surface area (Å²) in [5.41, 5.74) is 5.71. The summed E-state index contributed by atoms with van der Waals surface area (Å²) in [5, 5.41) is 3.09. The zero-order valence-electron chi connectivity index (χ0n) is 11.3. The van der Waals surface area contributed by atoms with Crippen molar-refractivity contribution in [2.24, 2.45) is 5.73 Å². The Bertz CT molecular complexity index is 452. The van der Waals surface area contributed by atoms with Crippen molar-refractivity contribution in [3.63, 3.8) is 0 Å². The number of aryl methyl sites for hydroxylation is 1. The van der Waals surface area contributed by atoms with Crippen LogP contribution in [0.3, 0.4) is 0 Å². The molecular weight excluding hydrogens is 244 g/mol. The van der Waals surface area contributed by atoms with Crippen LogP contribution in [-0.4, -0.2) is 35.3 Å². The van der Waals surface area contributed by atoms with Gasteiger partial charge in [0.25, 0.3) is 5.56 Å². The quantitative estimate of drug-likeness (QED) is 0.685. The van der Waals surface area contributed by atoms with Crippen molar-refractivity contribution in [3.8, 4) is 0 Å². The first-order valence-electron chi connectivity index (χ1n) is 6.82. The van der Waals surface area contributed by atoms with Crippen LogP contribution in [0.1, 0.15) is 31.5 Å². The van der Waals surface area contributed by atoms with Gasteiger partial charge in [0.1, 0.15) is 11.6 Å². The number of aromatic nitrogens is 2. The van der Waals surface area contributed by atoms with E-state index in [0.717, 1.165) is 25.7 Å². The number of hydrogen-bond donors (Lipinski definition) is 3. The van der Waals surface area contributed by atoms with Crippen molar-refractivity contribution < 1.29 is 4.74 Å². The molecule has 0 aliphatic heterocycles. The molecule has 0 radical (unpaired) electrons. The van der Waals surface area contributed by atoms with Crippen molar-refractivity contribution in [3.05, 3.63) is 22.2 Å². The Balaban J connectivity index is 1.68. The number of nitrogens with one attached hydrogen (secondary N) is 2. The minimum absolute atomic E-state index is 0.141. The molecule has 106 valence electrons. The Morgan fingerprint density at radius 3 is 2.89 bits per heavy atom. The summed E-state index contributed by atoms with van der Waals surface area (Å²) >= 11 is 0. The second-order valence-electron chi connectivity index (χ2n) is 5.05. The van der Waals surface area contributed by atoms with E-state index >= 15 is 0 Å². The average Bonchev–Trinajstić information content (AvgIpc) is 2.36. The lowest BCUT2D eigenvalue weighted by Crippen LogP contribution is -2.31. The van der Waals surface area contributed by atoms with E-state index in [4.69, 9.17) is 10.5 Å². The Morgan fingerprint density at radius 1 is 1.47 bits per heavy atom. The molecule has 1 aliphatic rings. The standard InChI is InChI=1S/C13H22N4O2/c1-9-16-12(8-13(18)17-9)15-6-7-19-11-4-2-10(14)3-5-11/h8,10-11H,2-7,14H2,1H3,(H2,15,16,17,18). The molecule has 6 heteroatoms. The minimum Gasteiger partial charge on any atom is -0.376 e. The predicted octanol–water partition coefficient (Wildman–Crippen LogP) is 0.777. The van der Waals surface area contributed by atoms with Gasteiger partial charge in [0.05, 0.1) is 12.7 Å². The Kier molecular flexibility index (Phi) is 4.93. The highest BCUT2D eigenvalue weighted by atomic mass is 16.5. The maximum absolute atomic E-state index is 11.2. The second-order valence-corrected chi connectivity index (χ2v) is 5.05. The molecule has 1 fully saturated rings. The number of aromatic amines is 1. The summed E-state index contributed by atoms with van der Waals surface area (Å²) in [4.78, 5) is 18.0. The average molecular weight is 266 g/mol. The third-order valence-electron chi connectivity index (χ3n) is 3.34. The monoisotopic (exact) mass is 266 g/mol. The summed E-state index contributed by atoms with van der Waals surface area (Å²) in [7, 11) is 0. The van der Waals surface area contributed by atoms with Crippen LogP contribution in [0.5, 0.6) is 0 Å². The maximum Gasteiger partial charge on any atom is 0.252 e. The molecule has 1 heterocycles. The van der Waals surface area contributed by atoms with E-state index in [1.807, 2.05) is 0 Å². The lowest BCUT2D eigenvalue weighted by Gasteiger charge is -2.26. The summed E-state index contributed by atoms with van der Waals surface area (Å²) in [5.74, 6) is 1.20. The molecule has 0 bridgehead atoms. The van der Waals surface area contributed by atoms with Gasteiger partial charge < -0.3 is 20.8 Å². The predicted molar refractivity (Wildman–Crippen MR) is 74.3 cm³/mol. The van der Waals surface area contributed by atoms with Crippen molar-refractivity contribution in [2.45, 2.75) is 44.8 Å². The fourth-order valence-corrected chi connectivity index (χ4v) is 2.33. The number of anilines is 1.